The van der Waals surface area contributed by atoms with Crippen LogP contribution in [0.5, 0.6) is 5.75 Å². The number of carbonyl (C=O) groups is 1. The number of halogens is 1. The summed E-state index contributed by atoms with van der Waals surface area (Å²) in [7, 11) is 0. The molecule has 4 nitrogen and oxygen atoms in total. The van der Waals surface area contributed by atoms with Crippen LogP contribution in [0.1, 0.15) is 25.0 Å². The molecule has 0 saturated carbocycles. The number of aryl methyl sites for hydroxylation is 1. The summed E-state index contributed by atoms with van der Waals surface area (Å²) in [5, 5.41) is 12.4. The van der Waals surface area contributed by atoms with Gasteiger partial charge in [-0.05, 0) is 54.8 Å². The third-order valence-corrected chi connectivity index (χ3v) is 3.85. The van der Waals surface area contributed by atoms with Gasteiger partial charge in [0.2, 0.25) is 0 Å². The van der Waals surface area contributed by atoms with Crippen molar-refractivity contribution in [2.45, 2.75) is 20.3 Å². The van der Waals surface area contributed by atoms with Crippen molar-refractivity contribution in [3.05, 3.63) is 64.2 Å². The maximum atomic E-state index is 12.3. The molecule has 0 spiro atoms. The minimum absolute atomic E-state index is 0.000190. The summed E-state index contributed by atoms with van der Waals surface area (Å²) in [5.74, 6) is 0.108. The van der Waals surface area contributed by atoms with E-state index >= 15 is 0 Å². The monoisotopic (exact) mass is 354 g/mol. The van der Waals surface area contributed by atoms with Gasteiger partial charge in [-0.25, -0.2) is 0 Å². The lowest BCUT2D eigenvalue weighted by atomic mass is 10.1. The highest BCUT2D eigenvalue weighted by Gasteiger charge is 2.10. The first kappa shape index (κ1) is 18.6. The van der Waals surface area contributed by atoms with E-state index in [4.69, 9.17) is 16.3 Å². The SMILES string of the molecule is CCOc1ccc(/C=C(/C#N)C(=O)Nc2ccc(CC)cc2)cc1Cl. The Balaban J connectivity index is 2.17. The molecule has 0 radical (unpaired) electrons. The number of rotatable bonds is 6. The average molecular weight is 355 g/mol. The van der Waals surface area contributed by atoms with E-state index in [0.717, 1.165) is 6.42 Å². The Bertz CT molecular complexity index is 821. The molecule has 0 aliphatic rings. The van der Waals surface area contributed by atoms with Gasteiger partial charge in [-0.15, -0.1) is 0 Å². The molecule has 2 rings (SSSR count). The molecule has 2 aromatic rings. The summed E-state index contributed by atoms with van der Waals surface area (Å²) in [6.07, 6.45) is 2.42. The van der Waals surface area contributed by atoms with Gasteiger partial charge in [0.15, 0.2) is 0 Å². The van der Waals surface area contributed by atoms with Crippen LogP contribution in [0.4, 0.5) is 5.69 Å². The molecule has 5 heteroatoms. The van der Waals surface area contributed by atoms with Crippen LogP contribution in [0.3, 0.4) is 0 Å². The summed E-state index contributed by atoms with van der Waals surface area (Å²) in [5.41, 5.74) is 2.48. The van der Waals surface area contributed by atoms with Crippen molar-refractivity contribution in [2.75, 3.05) is 11.9 Å². The second kappa shape index (κ2) is 8.91. The molecule has 0 aromatic heterocycles. The van der Waals surface area contributed by atoms with Crippen molar-refractivity contribution in [1.82, 2.24) is 0 Å². The Morgan fingerprint density at radius 1 is 1.24 bits per heavy atom. The standard InChI is InChI=1S/C20H19ClN2O2/c1-3-14-5-8-17(9-6-14)23-20(24)16(13-22)11-15-7-10-19(25-4-2)18(21)12-15/h5-12H,3-4H2,1-2H3,(H,23,24)/b16-11-. The lowest BCUT2D eigenvalue weighted by Crippen LogP contribution is -2.13. The number of nitriles is 1. The van der Waals surface area contributed by atoms with Gasteiger partial charge in [0.1, 0.15) is 17.4 Å². The Hall–Kier alpha value is -2.77. The number of benzene rings is 2. The first-order chi connectivity index (χ1) is 12.1. The van der Waals surface area contributed by atoms with Gasteiger partial charge >= 0.3 is 0 Å². The maximum Gasteiger partial charge on any atom is 0.266 e. The van der Waals surface area contributed by atoms with Gasteiger partial charge < -0.3 is 10.1 Å². The van der Waals surface area contributed by atoms with Gasteiger partial charge in [-0.1, -0.05) is 36.7 Å². The topological polar surface area (TPSA) is 62.1 Å². The Morgan fingerprint density at radius 2 is 1.96 bits per heavy atom. The van der Waals surface area contributed by atoms with Crippen LogP contribution >= 0.6 is 11.6 Å². The molecule has 0 fully saturated rings. The molecule has 0 heterocycles. The zero-order valence-electron chi connectivity index (χ0n) is 14.2. The van der Waals surface area contributed by atoms with E-state index in [2.05, 4.69) is 12.2 Å². The largest absolute Gasteiger partial charge is 0.492 e. The summed E-state index contributed by atoms with van der Waals surface area (Å²) in [4.78, 5) is 12.3. The predicted octanol–water partition coefficient (Wildman–Crippen LogP) is 4.85. The second-order valence-corrected chi connectivity index (χ2v) is 5.70. The fourth-order valence-corrected chi connectivity index (χ4v) is 2.46. The van der Waals surface area contributed by atoms with Crippen LogP contribution in [0.15, 0.2) is 48.0 Å². The van der Waals surface area contributed by atoms with E-state index in [0.29, 0.717) is 28.6 Å². The van der Waals surface area contributed by atoms with E-state index in [1.54, 1.807) is 18.2 Å². The molecule has 0 aliphatic carbocycles. The highest BCUT2D eigenvalue weighted by atomic mass is 35.5. The second-order valence-electron chi connectivity index (χ2n) is 5.30. The van der Waals surface area contributed by atoms with Crippen LogP contribution in [0.25, 0.3) is 6.08 Å². The number of ether oxygens (including phenoxy) is 1. The van der Waals surface area contributed by atoms with Gasteiger partial charge in [0.05, 0.1) is 11.6 Å². The van der Waals surface area contributed by atoms with Gasteiger partial charge in [-0.3, -0.25) is 4.79 Å². The highest BCUT2D eigenvalue weighted by molar-refractivity contribution is 6.32. The number of hydrogen-bond donors (Lipinski definition) is 1. The summed E-state index contributed by atoms with van der Waals surface area (Å²) < 4.78 is 5.37. The van der Waals surface area contributed by atoms with Crippen LogP contribution in [0, 0.1) is 11.3 Å². The number of nitrogens with one attached hydrogen (secondary N) is 1. The van der Waals surface area contributed by atoms with Crippen LogP contribution in [0.2, 0.25) is 5.02 Å². The normalized spacial score (nSPS) is 10.9. The molecule has 2 aromatic carbocycles. The van der Waals surface area contributed by atoms with Crippen LogP contribution < -0.4 is 10.1 Å². The van der Waals surface area contributed by atoms with Crippen molar-refractivity contribution in [3.8, 4) is 11.8 Å². The number of anilines is 1. The molecular weight excluding hydrogens is 336 g/mol. The van der Waals surface area contributed by atoms with E-state index in [9.17, 15) is 10.1 Å². The zero-order valence-corrected chi connectivity index (χ0v) is 14.9. The van der Waals surface area contributed by atoms with Crippen LogP contribution in [-0.2, 0) is 11.2 Å². The van der Waals surface area contributed by atoms with Crippen LogP contribution in [-0.4, -0.2) is 12.5 Å². The third-order valence-electron chi connectivity index (χ3n) is 3.55. The van der Waals surface area contributed by atoms with Crippen molar-refractivity contribution >= 4 is 29.3 Å². The molecular formula is C20H19ClN2O2. The highest BCUT2D eigenvalue weighted by Crippen LogP contribution is 2.26. The minimum atomic E-state index is -0.461. The van der Waals surface area contributed by atoms with E-state index in [-0.39, 0.29) is 5.57 Å². The lowest BCUT2D eigenvalue weighted by molar-refractivity contribution is -0.112. The summed E-state index contributed by atoms with van der Waals surface area (Å²) in [6, 6.07) is 14.6. The minimum Gasteiger partial charge on any atom is -0.492 e. The van der Waals surface area contributed by atoms with E-state index in [1.165, 1.54) is 11.6 Å². The number of carbonyl (C=O) groups excluding carboxylic acids is 1. The lowest BCUT2D eigenvalue weighted by Gasteiger charge is -2.07. The van der Waals surface area contributed by atoms with Gasteiger partial charge in [-0.2, -0.15) is 5.26 Å². The molecule has 0 aliphatic heterocycles. The molecule has 0 saturated heterocycles. The van der Waals surface area contributed by atoms with Gasteiger partial charge in [0.25, 0.3) is 5.91 Å². The Kier molecular flexibility index (Phi) is 6.62. The van der Waals surface area contributed by atoms with Crippen molar-refractivity contribution in [2.24, 2.45) is 0 Å². The Morgan fingerprint density at radius 3 is 2.52 bits per heavy atom. The number of nitrogens with zero attached hydrogens (tertiary/aromatic N) is 1. The molecule has 0 atom stereocenters. The summed E-state index contributed by atoms with van der Waals surface area (Å²) >= 11 is 6.13. The number of amides is 1. The Labute approximate surface area is 152 Å². The quantitative estimate of drug-likeness (QED) is 0.596. The third kappa shape index (κ3) is 5.10. The van der Waals surface area contributed by atoms with Gasteiger partial charge in [0, 0.05) is 5.69 Å². The molecule has 25 heavy (non-hydrogen) atoms. The van der Waals surface area contributed by atoms with E-state index < -0.39 is 5.91 Å². The van der Waals surface area contributed by atoms with Crippen molar-refractivity contribution in [3.63, 3.8) is 0 Å². The van der Waals surface area contributed by atoms with Crippen molar-refractivity contribution < 1.29 is 9.53 Å². The fraction of sp³-hybridized carbons (Fsp3) is 0.200. The number of hydrogen-bond acceptors (Lipinski definition) is 3. The van der Waals surface area contributed by atoms with E-state index in [1.807, 2.05) is 37.3 Å². The smallest absolute Gasteiger partial charge is 0.266 e. The predicted molar refractivity (Wildman–Crippen MR) is 101 cm³/mol. The molecule has 1 N–H and O–H groups in total. The first-order valence-corrected chi connectivity index (χ1v) is 8.39. The maximum absolute atomic E-state index is 12.3. The van der Waals surface area contributed by atoms with Crippen molar-refractivity contribution in [1.29, 1.82) is 5.26 Å². The average Bonchev–Trinajstić information content (AvgIpc) is 2.62. The molecule has 1 amide bonds. The zero-order chi connectivity index (χ0) is 18.2. The first-order valence-electron chi connectivity index (χ1n) is 8.01. The molecule has 0 unspecified atom stereocenters. The fourth-order valence-electron chi connectivity index (χ4n) is 2.22. The summed E-state index contributed by atoms with van der Waals surface area (Å²) in [6.45, 7) is 4.44. The molecule has 0 bridgehead atoms. The molecule has 128 valence electrons.